The number of ether oxygens (including phenoxy) is 1. The minimum atomic E-state index is -0.996. The molecule has 4 heteroatoms. The van der Waals surface area contributed by atoms with Crippen molar-refractivity contribution < 1.29 is 20.1 Å². The minimum absolute atomic E-state index is 0.340. The van der Waals surface area contributed by atoms with Gasteiger partial charge < -0.3 is 20.1 Å². The lowest BCUT2D eigenvalue weighted by Crippen LogP contribution is -2.47. The molecule has 0 fully saturated rings. The summed E-state index contributed by atoms with van der Waals surface area (Å²) in [5.74, 6) is 0. The Labute approximate surface area is 85.5 Å². The standard InChI is InChI=1S/C10H22O4/c1-6(11)8(13)9(10(3,4)5)14-7(2)12/h6-9,11-13H,1-5H3. The molecule has 0 aromatic carbocycles. The summed E-state index contributed by atoms with van der Waals surface area (Å²) in [5.41, 5.74) is -0.340. The highest BCUT2D eigenvalue weighted by molar-refractivity contribution is 4.84. The zero-order valence-electron chi connectivity index (χ0n) is 9.56. The molecule has 0 radical (unpaired) electrons. The van der Waals surface area contributed by atoms with Gasteiger partial charge in [0.05, 0.1) is 12.2 Å². The van der Waals surface area contributed by atoms with Crippen LogP contribution in [0.4, 0.5) is 0 Å². The van der Waals surface area contributed by atoms with Gasteiger partial charge in [0.15, 0.2) is 6.29 Å². The summed E-state index contributed by atoms with van der Waals surface area (Å²) in [5, 5.41) is 28.0. The Kier molecular flexibility index (Phi) is 5.01. The molecule has 0 aliphatic heterocycles. The van der Waals surface area contributed by atoms with E-state index in [0.29, 0.717) is 0 Å². The van der Waals surface area contributed by atoms with Crippen LogP contribution in [0.2, 0.25) is 0 Å². The molecule has 0 amide bonds. The van der Waals surface area contributed by atoms with Gasteiger partial charge in [-0.3, -0.25) is 0 Å². The third kappa shape index (κ3) is 4.37. The van der Waals surface area contributed by atoms with Crippen LogP contribution in [0.25, 0.3) is 0 Å². The van der Waals surface area contributed by atoms with Gasteiger partial charge in [-0.1, -0.05) is 20.8 Å². The average molecular weight is 206 g/mol. The van der Waals surface area contributed by atoms with Crippen molar-refractivity contribution in [1.29, 1.82) is 0 Å². The molecule has 14 heavy (non-hydrogen) atoms. The van der Waals surface area contributed by atoms with E-state index in [0.717, 1.165) is 0 Å². The first-order valence-corrected chi connectivity index (χ1v) is 4.86. The van der Waals surface area contributed by atoms with Gasteiger partial charge in [-0.2, -0.15) is 0 Å². The Bertz CT molecular complexity index is 160. The predicted molar refractivity (Wildman–Crippen MR) is 53.7 cm³/mol. The summed E-state index contributed by atoms with van der Waals surface area (Å²) in [6.45, 7) is 8.62. The highest BCUT2D eigenvalue weighted by atomic mass is 16.6. The topological polar surface area (TPSA) is 69.9 Å². The van der Waals surface area contributed by atoms with E-state index in [1.54, 1.807) is 0 Å². The van der Waals surface area contributed by atoms with Gasteiger partial charge in [-0.25, -0.2) is 0 Å². The normalized spacial score (nSPS) is 21.4. The van der Waals surface area contributed by atoms with E-state index in [9.17, 15) is 10.2 Å². The van der Waals surface area contributed by atoms with E-state index in [1.807, 2.05) is 20.8 Å². The Morgan fingerprint density at radius 3 is 1.64 bits per heavy atom. The molecule has 0 bridgehead atoms. The quantitative estimate of drug-likeness (QED) is 0.586. The molecule has 0 heterocycles. The highest BCUT2D eigenvalue weighted by Gasteiger charge is 2.35. The SMILES string of the molecule is CC(O)OC(C(O)C(C)O)C(C)(C)C. The van der Waals surface area contributed by atoms with Crippen LogP contribution in [0, 0.1) is 5.41 Å². The zero-order chi connectivity index (χ0) is 11.5. The number of hydrogen-bond donors (Lipinski definition) is 3. The summed E-state index contributed by atoms with van der Waals surface area (Å²) in [6, 6.07) is 0. The molecular formula is C10H22O4. The minimum Gasteiger partial charge on any atom is -0.391 e. The smallest absolute Gasteiger partial charge is 0.152 e. The summed E-state index contributed by atoms with van der Waals surface area (Å²) in [4.78, 5) is 0. The van der Waals surface area contributed by atoms with Gasteiger partial charge in [0.1, 0.15) is 6.10 Å². The van der Waals surface area contributed by atoms with Gasteiger partial charge in [0, 0.05) is 0 Å². The second-order valence-electron chi connectivity index (χ2n) is 4.75. The van der Waals surface area contributed by atoms with Crippen LogP contribution in [0.1, 0.15) is 34.6 Å². The molecule has 0 aliphatic rings. The van der Waals surface area contributed by atoms with Crippen molar-refractivity contribution in [3.8, 4) is 0 Å². The lowest BCUT2D eigenvalue weighted by atomic mass is 9.84. The number of rotatable bonds is 4. The summed E-state index contributed by atoms with van der Waals surface area (Å²) in [7, 11) is 0. The van der Waals surface area contributed by atoms with Crippen molar-refractivity contribution >= 4 is 0 Å². The van der Waals surface area contributed by atoms with Crippen LogP contribution in [0.3, 0.4) is 0 Å². The van der Waals surface area contributed by atoms with Crippen molar-refractivity contribution in [1.82, 2.24) is 0 Å². The first-order valence-electron chi connectivity index (χ1n) is 4.86. The van der Waals surface area contributed by atoms with E-state index in [-0.39, 0.29) is 5.41 Å². The summed E-state index contributed by atoms with van der Waals surface area (Å²) in [6.07, 6.45) is -3.42. The van der Waals surface area contributed by atoms with Crippen molar-refractivity contribution in [2.24, 2.45) is 5.41 Å². The first kappa shape index (κ1) is 13.8. The molecular weight excluding hydrogens is 184 g/mol. The highest BCUT2D eigenvalue weighted by Crippen LogP contribution is 2.27. The molecule has 0 aliphatic carbocycles. The molecule has 4 nitrogen and oxygen atoms in total. The molecule has 0 aromatic heterocycles. The van der Waals surface area contributed by atoms with Crippen molar-refractivity contribution in [3.05, 3.63) is 0 Å². The molecule has 86 valence electrons. The Morgan fingerprint density at radius 2 is 1.43 bits per heavy atom. The number of hydrogen-bond acceptors (Lipinski definition) is 4. The number of aliphatic hydroxyl groups excluding tert-OH is 3. The molecule has 0 rings (SSSR count). The van der Waals surface area contributed by atoms with Crippen molar-refractivity contribution in [2.45, 2.75) is 59.2 Å². The van der Waals surface area contributed by atoms with Gasteiger partial charge in [0.25, 0.3) is 0 Å². The van der Waals surface area contributed by atoms with Gasteiger partial charge in [-0.05, 0) is 19.3 Å². The monoisotopic (exact) mass is 206 g/mol. The molecule has 0 spiro atoms. The average Bonchev–Trinajstić information content (AvgIpc) is 1.96. The lowest BCUT2D eigenvalue weighted by molar-refractivity contribution is -0.200. The van der Waals surface area contributed by atoms with E-state index in [2.05, 4.69) is 0 Å². The number of aliphatic hydroxyl groups is 3. The fourth-order valence-electron chi connectivity index (χ4n) is 1.26. The van der Waals surface area contributed by atoms with Crippen LogP contribution in [0.15, 0.2) is 0 Å². The van der Waals surface area contributed by atoms with Gasteiger partial charge >= 0.3 is 0 Å². The first-order chi connectivity index (χ1) is 6.16. The molecule has 0 saturated carbocycles. The van der Waals surface area contributed by atoms with Crippen LogP contribution in [-0.2, 0) is 4.74 Å². The third-order valence-electron chi connectivity index (χ3n) is 2.00. The van der Waals surface area contributed by atoms with Crippen LogP contribution < -0.4 is 0 Å². The van der Waals surface area contributed by atoms with Crippen LogP contribution >= 0.6 is 0 Å². The molecule has 4 atom stereocenters. The van der Waals surface area contributed by atoms with Crippen LogP contribution in [-0.4, -0.2) is 39.9 Å². The lowest BCUT2D eigenvalue weighted by Gasteiger charge is -2.36. The Hall–Kier alpha value is -0.160. The fourth-order valence-corrected chi connectivity index (χ4v) is 1.26. The molecule has 3 N–H and O–H groups in total. The predicted octanol–water partition coefficient (Wildman–Crippen LogP) is 0.498. The van der Waals surface area contributed by atoms with Crippen molar-refractivity contribution in [3.63, 3.8) is 0 Å². The molecule has 0 aromatic rings. The van der Waals surface area contributed by atoms with E-state index < -0.39 is 24.6 Å². The summed E-state index contributed by atoms with van der Waals surface area (Å²) >= 11 is 0. The second kappa shape index (κ2) is 5.07. The van der Waals surface area contributed by atoms with Crippen LogP contribution in [0.5, 0.6) is 0 Å². The van der Waals surface area contributed by atoms with Gasteiger partial charge in [-0.15, -0.1) is 0 Å². The fraction of sp³-hybridized carbons (Fsp3) is 1.00. The zero-order valence-corrected chi connectivity index (χ0v) is 9.56. The third-order valence-corrected chi connectivity index (χ3v) is 2.00. The molecule has 4 unspecified atom stereocenters. The molecule has 0 saturated heterocycles. The largest absolute Gasteiger partial charge is 0.391 e. The van der Waals surface area contributed by atoms with Gasteiger partial charge in [0.2, 0.25) is 0 Å². The Balaban J connectivity index is 4.56. The second-order valence-corrected chi connectivity index (χ2v) is 4.75. The maximum Gasteiger partial charge on any atom is 0.152 e. The maximum absolute atomic E-state index is 9.68. The summed E-state index contributed by atoms with van der Waals surface area (Å²) < 4.78 is 5.18. The van der Waals surface area contributed by atoms with E-state index in [4.69, 9.17) is 9.84 Å². The Morgan fingerprint density at radius 1 is 1.00 bits per heavy atom. The van der Waals surface area contributed by atoms with E-state index in [1.165, 1.54) is 13.8 Å². The van der Waals surface area contributed by atoms with Crippen molar-refractivity contribution in [2.75, 3.05) is 0 Å². The maximum atomic E-state index is 9.68. The van der Waals surface area contributed by atoms with E-state index >= 15 is 0 Å².